The molecule has 2 amide bonds. The zero-order valence-electron chi connectivity index (χ0n) is 19.3. The summed E-state index contributed by atoms with van der Waals surface area (Å²) in [6.45, 7) is 12.4. The second-order valence-corrected chi connectivity index (χ2v) is 8.86. The Morgan fingerprint density at radius 3 is 2.29 bits per heavy atom. The zero-order valence-corrected chi connectivity index (χ0v) is 20.0. The Kier molecular flexibility index (Phi) is 8.93. The summed E-state index contributed by atoms with van der Waals surface area (Å²) in [4.78, 5) is 27.4. The summed E-state index contributed by atoms with van der Waals surface area (Å²) in [7, 11) is 0. The molecule has 0 radical (unpaired) electrons. The van der Waals surface area contributed by atoms with Gasteiger partial charge in [0.15, 0.2) is 6.61 Å². The summed E-state index contributed by atoms with van der Waals surface area (Å²) >= 11 is 6.22. The number of amides is 2. The molecule has 0 saturated carbocycles. The van der Waals surface area contributed by atoms with Crippen LogP contribution in [0.3, 0.4) is 0 Å². The molecule has 0 aliphatic heterocycles. The largest absolute Gasteiger partial charge is 0.484 e. The van der Waals surface area contributed by atoms with Crippen molar-refractivity contribution in [3.63, 3.8) is 0 Å². The summed E-state index contributed by atoms with van der Waals surface area (Å²) in [6, 6.07) is 10.9. The molecule has 0 bridgehead atoms. The number of hydrogen-bond acceptors (Lipinski definition) is 3. The normalized spacial score (nSPS) is 11.9. The van der Waals surface area contributed by atoms with Gasteiger partial charge in [0.1, 0.15) is 11.8 Å². The molecule has 0 heterocycles. The van der Waals surface area contributed by atoms with Crippen LogP contribution in [0.5, 0.6) is 5.75 Å². The van der Waals surface area contributed by atoms with Crippen molar-refractivity contribution in [3.8, 4) is 5.75 Å². The van der Waals surface area contributed by atoms with Crippen LogP contribution in [-0.4, -0.2) is 35.9 Å². The number of carbonyl (C=O) groups excluding carboxylic acids is 2. The average Bonchev–Trinajstić information content (AvgIpc) is 2.71. The van der Waals surface area contributed by atoms with E-state index < -0.39 is 6.04 Å². The molecular formula is C25H33ClN2O3. The van der Waals surface area contributed by atoms with Crippen LogP contribution in [0.4, 0.5) is 0 Å². The monoisotopic (exact) mass is 444 g/mol. The fourth-order valence-electron chi connectivity index (χ4n) is 3.26. The maximum Gasteiger partial charge on any atom is 0.261 e. The molecule has 1 N–H and O–H groups in total. The third-order valence-electron chi connectivity index (χ3n) is 5.06. The molecule has 2 aromatic carbocycles. The van der Waals surface area contributed by atoms with E-state index in [2.05, 4.69) is 5.32 Å². The Balaban J connectivity index is 2.17. The number of nitrogens with zero attached hydrogens (tertiary/aromatic N) is 1. The van der Waals surface area contributed by atoms with Crippen LogP contribution in [0.25, 0.3) is 0 Å². The van der Waals surface area contributed by atoms with Gasteiger partial charge in [0.25, 0.3) is 5.91 Å². The van der Waals surface area contributed by atoms with E-state index >= 15 is 0 Å². The Labute approximate surface area is 190 Å². The van der Waals surface area contributed by atoms with E-state index in [0.29, 0.717) is 29.8 Å². The summed E-state index contributed by atoms with van der Waals surface area (Å²) in [6.07, 6.45) is 0. The highest BCUT2D eigenvalue weighted by Gasteiger charge is 2.26. The van der Waals surface area contributed by atoms with Crippen molar-refractivity contribution in [2.24, 2.45) is 5.92 Å². The van der Waals surface area contributed by atoms with E-state index in [9.17, 15) is 9.59 Å². The number of nitrogens with one attached hydrogen (secondary N) is 1. The van der Waals surface area contributed by atoms with E-state index in [1.165, 1.54) is 0 Å². The molecule has 0 aliphatic rings. The van der Waals surface area contributed by atoms with Crippen LogP contribution >= 0.6 is 11.6 Å². The van der Waals surface area contributed by atoms with Crippen LogP contribution < -0.4 is 10.1 Å². The van der Waals surface area contributed by atoms with Gasteiger partial charge in [-0.25, -0.2) is 0 Å². The molecule has 5 nitrogen and oxygen atoms in total. The lowest BCUT2D eigenvalue weighted by Gasteiger charge is -2.29. The third kappa shape index (κ3) is 7.28. The van der Waals surface area contributed by atoms with Gasteiger partial charge in [0.2, 0.25) is 5.91 Å². The summed E-state index contributed by atoms with van der Waals surface area (Å²) in [5.74, 6) is 0.490. The smallest absolute Gasteiger partial charge is 0.261 e. The maximum absolute atomic E-state index is 13.1. The Bertz CT molecular complexity index is 904. The molecular weight excluding hydrogens is 412 g/mol. The molecule has 31 heavy (non-hydrogen) atoms. The van der Waals surface area contributed by atoms with Gasteiger partial charge in [-0.1, -0.05) is 55.3 Å². The quantitative estimate of drug-likeness (QED) is 0.602. The van der Waals surface area contributed by atoms with Crippen LogP contribution in [0.1, 0.15) is 43.0 Å². The molecule has 0 spiro atoms. The molecule has 1 atom stereocenters. The van der Waals surface area contributed by atoms with E-state index in [1.807, 2.05) is 71.0 Å². The number of rotatable bonds is 9. The average molecular weight is 445 g/mol. The molecule has 2 aromatic rings. The second kappa shape index (κ2) is 11.2. The first-order valence-corrected chi connectivity index (χ1v) is 11.0. The van der Waals surface area contributed by atoms with Gasteiger partial charge in [-0.15, -0.1) is 0 Å². The van der Waals surface area contributed by atoms with Crippen molar-refractivity contribution in [2.45, 2.75) is 54.1 Å². The minimum atomic E-state index is -0.621. The van der Waals surface area contributed by atoms with E-state index in [1.54, 1.807) is 11.8 Å². The lowest BCUT2D eigenvalue weighted by Crippen LogP contribution is -2.49. The lowest BCUT2D eigenvalue weighted by atomic mass is 10.1. The first kappa shape index (κ1) is 24.7. The van der Waals surface area contributed by atoms with Crippen molar-refractivity contribution < 1.29 is 14.3 Å². The number of carbonyl (C=O) groups is 2. The molecule has 0 fully saturated rings. The van der Waals surface area contributed by atoms with Crippen LogP contribution in [0.15, 0.2) is 36.4 Å². The van der Waals surface area contributed by atoms with Gasteiger partial charge < -0.3 is 15.0 Å². The first-order chi connectivity index (χ1) is 14.6. The van der Waals surface area contributed by atoms with Crippen LogP contribution in [0.2, 0.25) is 5.02 Å². The van der Waals surface area contributed by atoms with Crippen LogP contribution in [0, 0.1) is 26.7 Å². The number of hydrogen-bond donors (Lipinski definition) is 1. The minimum Gasteiger partial charge on any atom is -0.484 e. The lowest BCUT2D eigenvalue weighted by molar-refractivity contribution is -0.142. The molecule has 0 aromatic heterocycles. The van der Waals surface area contributed by atoms with Gasteiger partial charge in [-0.05, 0) is 62.4 Å². The molecule has 168 valence electrons. The minimum absolute atomic E-state index is 0.159. The Morgan fingerprint density at radius 1 is 1.06 bits per heavy atom. The topological polar surface area (TPSA) is 58.6 Å². The summed E-state index contributed by atoms with van der Waals surface area (Å²) in [5.41, 5.74) is 3.85. The van der Waals surface area contributed by atoms with Gasteiger partial charge in [-0.2, -0.15) is 0 Å². The highest BCUT2D eigenvalue weighted by atomic mass is 35.5. The van der Waals surface area contributed by atoms with Gasteiger partial charge in [0.05, 0.1) is 0 Å². The second-order valence-electron chi connectivity index (χ2n) is 8.49. The first-order valence-electron chi connectivity index (χ1n) is 10.6. The number of aryl methyl sites for hydroxylation is 3. The highest BCUT2D eigenvalue weighted by molar-refractivity contribution is 6.32. The Morgan fingerprint density at radius 2 is 1.71 bits per heavy atom. The highest BCUT2D eigenvalue weighted by Crippen LogP contribution is 2.26. The van der Waals surface area contributed by atoms with Crippen molar-refractivity contribution >= 4 is 23.4 Å². The predicted octanol–water partition coefficient (Wildman–Crippen LogP) is 4.83. The fraction of sp³-hybridized carbons (Fsp3) is 0.440. The molecule has 0 saturated heterocycles. The predicted molar refractivity (Wildman–Crippen MR) is 125 cm³/mol. The Hall–Kier alpha value is -2.53. The van der Waals surface area contributed by atoms with Crippen molar-refractivity contribution in [3.05, 3.63) is 63.7 Å². The van der Waals surface area contributed by atoms with E-state index in [-0.39, 0.29) is 18.4 Å². The summed E-state index contributed by atoms with van der Waals surface area (Å²) in [5, 5.41) is 3.61. The van der Waals surface area contributed by atoms with Crippen molar-refractivity contribution in [1.82, 2.24) is 10.2 Å². The van der Waals surface area contributed by atoms with E-state index in [4.69, 9.17) is 16.3 Å². The third-order valence-corrected chi connectivity index (χ3v) is 5.66. The standard InChI is InChI=1S/C25H33ClN2O3/c1-16(2)13-27-25(30)20(6)28(14-21-9-7-8-17(3)10-21)23(29)15-31-22-11-18(4)24(26)19(5)12-22/h7-12,16,20H,13-15H2,1-6H3,(H,27,30). The number of benzene rings is 2. The zero-order chi connectivity index (χ0) is 23.1. The number of halogens is 1. The SMILES string of the molecule is Cc1cccc(CN(C(=O)COc2cc(C)c(Cl)c(C)c2)C(C)C(=O)NCC(C)C)c1. The molecule has 6 heteroatoms. The van der Waals surface area contributed by atoms with Gasteiger partial charge >= 0.3 is 0 Å². The molecule has 0 aliphatic carbocycles. The number of ether oxygens (including phenoxy) is 1. The maximum atomic E-state index is 13.1. The van der Waals surface area contributed by atoms with E-state index in [0.717, 1.165) is 22.3 Å². The van der Waals surface area contributed by atoms with Gasteiger partial charge in [0, 0.05) is 18.1 Å². The summed E-state index contributed by atoms with van der Waals surface area (Å²) < 4.78 is 5.77. The van der Waals surface area contributed by atoms with Crippen molar-refractivity contribution in [2.75, 3.05) is 13.2 Å². The van der Waals surface area contributed by atoms with Crippen LogP contribution in [-0.2, 0) is 16.1 Å². The fourth-order valence-corrected chi connectivity index (χ4v) is 3.37. The van der Waals surface area contributed by atoms with Gasteiger partial charge in [-0.3, -0.25) is 9.59 Å². The van der Waals surface area contributed by atoms with Crippen molar-refractivity contribution in [1.29, 1.82) is 0 Å². The molecule has 1 unspecified atom stereocenters. The molecule has 2 rings (SSSR count).